The maximum Gasteiger partial charge on any atom is 0.472 e. The zero-order chi connectivity index (χ0) is 70.3. The number of hydrogen-bond donors (Lipinski definition) is 3. The predicted octanol–water partition coefficient (Wildman–Crippen LogP) is 22.0. The minimum Gasteiger partial charge on any atom is -0.462 e. The first-order chi connectivity index (χ1) is 45.6. The van der Waals surface area contributed by atoms with Gasteiger partial charge in [0.15, 0.2) is 12.2 Å². The highest BCUT2D eigenvalue weighted by Crippen LogP contribution is 2.45. The predicted molar refractivity (Wildman–Crippen MR) is 386 cm³/mol. The third-order valence-corrected chi connectivity index (χ3v) is 19.5. The van der Waals surface area contributed by atoms with E-state index in [0.717, 1.165) is 114 Å². The Morgan fingerprint density at radius 3 is 0.653 bits per heavy atom. The van der Waals surface area contributed by atoms with Crippen LogP contribution in [0.2, 0.25) is 0 Å². The molecule has 0 aliphatic heterocycles. The number of aliphatic hydroxyl groups is 1. The van der Waals surface area contributed by atoms with Crippen molar-refractivity contribution in [3.8, 4) is 0 Å². The third-order valence-electron chi connectivity index (χ3n) is 17.6. The Morgan fingerprint density at radius 1 is 0.263 bits per heavy atom. The van der Waals surface area contributed by atoms with Crippen LogP contribution in [0.3, 0.4) is 0 Å². The molecular weight excluding hydrogens is 1250 g/mol. The molecule has 564 valence electrons. The number of aliphatic hydroxyl groups excluding tert-OH is 1. The number of phosphoric ester groups is 2. The molecule has 0 spiro atoms. The van der Waals surface area contributed by atoms with Crippen LogP contribution < -0.4 is 0 Å². The summed E-state index contributed by atoms with van der Waals surface area (Å²) in [7, 11) is -9.91. The second-order valence-corrected chi connectivity index (χ2v) is 32.2. The summed E-state index contributed by atoms with van der Waals surface area (Å²) in [5, 5.41) is 10.6. The van der Waals surface area contributed by atoms with Crippen LogP contribution in [0.4, 0.5) is 0 Å². The monoisotopic (exact) mass is 1400 g/mol. The maximum atomic E-state index is 13.1. The van der Waals surface area contributed by atoms with Gasteiger partial charge in [-0.2, -0.15) is 0 Å². The fraction of sp³-hybridized carbons (Fsp3) is 0.947. The van der Waals surface area contributed by atoms with E-state index in [9.17, 15) is 43.2 Å². The topological polar surface area (TPSA) is 237 Å². The molecule has 5 atom stereocenters. The fourth-order valence-corrected chi connectivity index (χ4v) is 13.1. The van der Waals surface area contributed by atoms with Gasteiger partial charge in [0.1, 0.15) is 19.3 Å². The molecule has 0 saturated heterocycles. The van der Waals surface area contributed by atoms with Crippen molar-refractivity contribution in [1.82, 2.24) is 0 Å². The van der Waals surface area contributed by atoms with Gasteiger partial charge in [-0.3, -0.25) is 37.3 Å². The normalized spacial score (nSPS) is 14.1. The Kier molecular flexibility index (Phi) is 64.0. The molecule has 0 aromatic heterocycles. The summed E-state index contributed by atoms with van der Waals surface area (Å²) >= 11 is 0. The van der Waals surface area contributed by atoms with E-state index < -0.39 is 97.5 Å². The fourth-order valence-electron chi connectivity index (χ4n) is 11.6. The van der Waals surface area contributed by atoms with Crippen molar-refractivity contribution < 1.29 is 80.2 Å². The molecule has 19 heteroatoms. The van der Waals surface area contributed by atoms with Gasteiger partial charge in [-0.1, -0.05) is 331 Å². The van der Waals surface area contributed by atoms with Gasteiger partial charge >= 0.3 is 39.5 Å². The van der Waals surface area contributed by atoms with Crippen LogP contribution in [0, 0.1) is 23.7 Å². The highest BCUT2D eigenvalue weighted by atomic mass is 31.2. The van der Waals surface area contributed by atoms with Gasteiger partial charge in [0, 0.05) is 25.7 Å². The van der Waals surface area contributed by atoms with Gasteiger partial charge in [-0.05, 0) is 49.4 Å². The molecule has 0 rings (SSSR count). The quantitative estimate of drug-likeness (QED) is 0.0222. The van der Waals surface area contributed by atoms with Crippen LogP contribution in [0.15, 0.2) is 0 Å². The second-order valence-electron chi connectivity index (χ2n) is 29.3. The van der Waals surface area contributed by atoms with Gasteiger partial charge in [0.05, 0.1) is 26.4 Å². The molecule has 0 heterocycles. The lowest BCUT2D eigenvalue weighted by Crippen LogP contribution is -2.30. The van der Waals surface area contributed by atoms with Gasteiger partial charge < -0.3 is 33.8 Å². The van der Waals surface area contributed by atoms with Crippen LogP contribution in [0.1, 0.15) is 383 Å². The molecule has 0 bridgehead atoms. The van der Waals surface area contributed by atoms with Gasteiger partial charge in [0.2, 0.25) is 0 Å². The number of rotatable bonds is 73. The van der Waals surface area contributed by atoms with Crippen LogP contribution in [-0.2, 0) is 65.4 Å². The standard InChI is InChI=1S/C76H148O17P2/c1-66(2)52-44-36-28-21-17-13-9-11-15-19-23-32-40-48-56-73(78)86-62-71(92-75(80)58-50-42-33-24-20-16-12-10-14-18-22-29-37-45-53-67(3)4)64-90-94(82,83)88-60-70(77)61-89-95(84,85)91-65-72(63-87-74(79)57-49-41-35-27-31-39-47-55-69(7)8)93-76(81)59-51-43-34-26-25-30-38-46-54-68(5)6/h66-72,77H,9-65H2,1-8H3,(H,82,83)(H,84,85)/t70?,71-,72-/m1/s1. The van der Waals surface area contributed by atoms with E-state index in [4.69, 9.17) is 37.0 Å². The molecule has 0 radical (unpaired) electrons. The maximum absolute atomic E-state index is 13.1. The number of esters is 4. The van der Waals surface area contributed by atoms with E-state index in [1.165, 1.54) is 180 Å². The Hall–Kier alpha value is -1.94. The van der Waals surface area contributed by atoms with Crippen molar-refractivity contribution in [1.29, 1.82) is 0 Å². The average molecular weight is 1400 g/mol. The van der Waals surface area contributed by atoms with E-state index in [0.29, 0.717) is 31.6 Å². The van der Waals surface area contributed by atoms with Crippen LogP contribution >= 0.6 is 15.6 Å². The highest BCUT2D eigenvalue weighted by molar-refractivity contribution is 7.47. The van der Waals surface area contributed by atoms with Gasteiger partial charge in [-0.15, -0.1) is 0 Å². The number of ether oxygens (including phenoxy) is 4. The third kappa shape index (κ3) is 70.3. The Bertz CT molecular complexity index is 1870. The molecule has 95 heavy (non-hydrogen) atoms. The van der Waals surface area contributed by atoms with Crippen LogP contribution in [0.25, 0.3) is 0 Å². The molecular formula is C76H148O17P2. The lowest BCUT2D eigenvalue weighted by atomic mass is 10.0. The second kappa shape index (κ2) is 65.4. The first-order valence-electron chi connectivity index (χ1n) is 39.2. The van der Waals surface area contributed by atoms with Crippen molar-refractivity contribution in [2.75, 3.05) is 39.6 Å². The molecule has 0 amide bonds. The summed E-state index contributed by atoms with van der Waals surface area (Å²) in [5.74, 6) is 0.895. The summed E-state index contributed by atoms with van der Waals surface area (Å²) in [6.45, 7) is 14.1. The molecule has 0 aliphatic rings. The number of hydrogen-bond acceptors (Lipinski definition) is 15. The number of phosphoric acid groups is 2. The van der Waals surface area contributed by atoms with E-state index in [1.54, 1.807) is 0 Å². The lowest BCUT2D eigenvalue weighted by Gasteiger charge is -2.21. The van der Waals surface area contributed by atoms with Crippen LogP contribution in [-0.4, -0.2) is 96.7 Å². The van der Waals surface area contributed by atoms with E-state index in [2.05, 4.69) is 55.4 Å². The van der Waals surface area contributed by atoms with Crippen molar-refractivity contribution in [3.05, 3.63) is 0 Å². The van der Waals surface area contributed by atoms with Crippen LogP contribution in [0.5, 0.6) is 0 Å². The zero-order valence-corrected chi connectivity index (χ0v) is 64.1. The van der Waals surface area contributed by atoms with E-state index in [-0.39, 0.29) is 25.7 Å². The summed E-state index contributed by atoms with van der Waals surface area (Å²) in [6.07, 6.45) is 50.1. The minimum absolute atomic E-state index is 0.103. The molecule has 0 aromatic carbocycles. The number of unbranched alkanes of at least 4 members (excludes halogenated alkanes) is 39. The minimum atomic E-state index is -4.96. The number of carbonyl (C=O) groups excluding carboxylic acids is 4. The Balaban J connectivity index is 5.24. The number of carbonyl (C=O) groups is 4. The molecule has 0 saturated carbocycles. The molecule has 0 fully saturated rings. The van der Waals surface area contributed by atoms with Crippen molar-refractivity contribution >= 4 is 39.5 Å². The first kappa shape index (κ1) is 93.1. The Morgan fingerprint density at radius 2 is 0.442 bits per heavy atom. The van der Waals surface area contributed by atoms with E-state index >= 15 is 0 Å². The lowest BCUT2D eigenvalue weighted by molar-refractivity contribution is -0.161. The molecule has 3 N–H and O–H groups in total. The van der Waals surface area contributed by atoms with Gasteiger partial charge in [-0.25, -0.2) is 9.13 Å². The smallest absolute Gasteiger partial charge is 0.462 e. The molecule has 17 nitrogen and oxygen atoms in total. The first-order valence-corrected chi connectivity index (χ1v) is 42.2. The summed E-state index contributed by atoms with van der Waals surface area (Å²) < 4.78 is 68.5. The molecule has 0 aromatic rings. The highest BCUT2D eigenvalue weighted by Gasteiger charge is 2.30. The molecule has 3 unspecified atom stereocenters. The van der Waals surface area contributed by atoms with Crippen molar-refractivity contribution in [2.45, 2.75) is 401 Å². The largest absolute Gasteiger partial charge is 0.472 e. The summed E-state index contributed by atoms with van der Waals surface area (Å²) in [6, 6.07) is 0. The van der Waals surface area contributed by atoms with E-state index in [1.807, 2.05) is 0 Å². The zero-order valence-electron chi connectivity index (χ0n) is 62.3. The van der Waals surface area contributed by atoms with Crippen molar-refractivity contribution in [2.24, 2.45) is 23.7 Å². The summed E-state index contributed by atoms with van der Waals surface area (Å²) in [4.78, 5) is 72.8. The SMILES string of the molecule is CC(C)CCCCCCCCCCCCCCCCC(=O)OC[C@H](COP(=O)(O)OCC(O)COP(=O)(O)OC[C@@H](COC(=O)CCCCCCCCCC(C)C)OC(=O)CCCCCCCCCCC(C)C)OC(=O)CCCCCCCCCCCCCCCCC(C)C. The molecule has 0 aliphatic carbocycles. The van der Waals surface area contributed by atoms with Gasteiger partial charge in [0.25, 0.3) is 0 Å². The summed E-state index contributed by atoms with van der Waals surface area (Å²) in [5.41, 5.74) is 0. The Labute approximate surface area is 581 Å². The average Bonchev–Trinajstić information content (AvgIpc) is 1.64. The van der Waals surface area contributed by atoms with Crippen molar-refractivity contribution in [3.63, 3.8) is 0 Å².